The molecule has 0 aliphatic rings. The van der Waals surface area contributed by atoms with Gasteiger partial charge in [-0.25, -0.2) is 13.1 Å². The van der Waals surface area contributed by atoms with Gasteiger partial charge in [-0.1, -0.05) is 24.3 Å². The van der Waals surface area contributed by atoms with E-state index < -0.39 is 10.0 Å². The van der Waals surface area contributed by atoms with Crippen molar-refractivity contribution in [1.29, 1.82) is 0 Å². The first-order chi connectivity index (χ1) is 8.53. The first-order valence-corrected chi connectivity index (χ1v) is 8.35. The van der Waals surface area contributed by atoms with E-state index in [0.29, 0.717) is 6.42 Å². The number of nitrogens with zero attached hydrogens (tertiary/aromatic N) is 2. The number of nitrogens with one attached hydrogen (secondary N) is 1. The van der Waals surface area contributed by atoms with Crippen LogP contribution in [0.5, 0.6) is 0 Å². The lowest BCUT2D eigenvalue weighted by atomic mass is 10.2. The summed E-state index contributed by atoms with van der Waals surface area (Å²) < 4.78 is 26.6. The number of hydrogen-bond donors (Lipinski definition) is 2. The van der Waals surface area contributed by atoms with E-state index in [4.69, 9.17) is 5.73 Å². The molecule has 0 radical (unpaired) electrons. The molecule has 18 heavy (non-hydrogen) atoms. The summed E-state index contributed by atoms with van der Waals surface area (Å²) in [4.78, 5) is 0.971. The van der Waals surface area contributed by atoms with Crippen LogP contribution < -0.4 is 10.5 Å². The maximum atomic E-state index is 12.1. The van der Waals surface area contributed by atoms with Crippen LogP contribution in [-0.4, -0.2) is 18.6 Å². The zero-order valence-electron chi connectivity index (χ0n) is 9.53. The van der Waals surface area contributed by atoms with Gasteiger partial charge in [0.25, 0.3) is 10.0 Å². The van der Waals surface area contributed by atoms with Crippen LogP contribution in [0, 0.1) is 0 Å². The van der Waals surface area contributed by atoms with Gasteiger partial charge in [-0.2, -0.15) is 0 Å². The van der Waals surface area contributed by atoms with Gasteiger partial charge in [0, 0.05) is 4.88 Å². The van der Waals surface area contributed by atoms with Crippen LogP contribution in [0.4, 0.5) is 5.13 Å². The largest absolute Gasteiger partial charge is 0.374 e. The Hall–Kier alpha value is -1.03. The van der Waals surface area contributed by atoms with Gasteiger partial charge in [-0.05, 0) is 17.9 Å². The van der Waals surface area contributed by atoms with Crippen molar-refractivity contribution in [1.82, 2.24) is 14.9 Å². The van der Waals surface area contributed by atoms with E-state index in [1.165, 1.54) is 11.3 Å². The van der Waals surface area contributed by atoms with Gasteiger partial charge >= 0.3 is 0 Å². The molecule has 6 nitrogen and oxygen atoms in total. The molecule has 1 atom stereocenters. The van der Waals surface area contributed by atoms with Gasteiger partial charge < -0.3 is 5.73 Å². The highest BCUT2D eigenvalue weighted by molar-refractivity contribution is 7.91. The number of nitrogen functional groups attached to an aromatic ring is 1. The summed E-state index contributed by atoms with van der Waals surface area (Å²) in [5, 5.41) is 9.11. The molecule has 0 spiro atoms. The summed E-state index contributed by atoms with van der Waals surface area (Å²) in [6.07, 6.45) is 0.661. The molecule has 2 aromatic heterocycles. The molecule has 9 heteroatoms. The Morgan fingerprint density at radius 3 is 2.78 bits per heavy atom. The van der Waals surface area contributed by atoms with E-state index in [9.17, 15) is 8.42 Å². The topological polar surface area (TPSA) is 98.0 Å². The highest BCUT2D eigenvalue weighted by Crippen LogP contribution is 2.25. The number of rotatable bonds is 5. The fraction of sp³-hybridized carbons (Fsp3) is 0.333. The second-order valence-corrected chi connectivity index (χ2v) is 7.38. The Kier molecular flexibility index (Phi) is 3.95. The van der Waals surface area contributed by atoms with Crippen LogP contribution in [-0.2, 0) is 10.0 Å². The molecule has 0 fully saturated rings. The Balaban J connectivity index is 2.22. The average molecular weight is 304 g/mol. The van der Waals surface area contributed by atoms with Gasteiger partial charge in [-0.3, -0.25) is 0 Å². The van der Waals surface area contributed by atoms with Crippen molar-refractivity contribution in [2.45, 2.75) is 23.7 Å². The minimum absolute atomic E-state index is 0.102. The lowest BCUT2D eigenvalue weighted by Gasteiger charge is -2.13. The molecule has 2 aromatic rings. The van der Waals surface area contributed by atoms with Gasteiger partial charge in [0.15, 0.2) is 0 Å². The van der Waals surface area contributed by atoms with Crippen LogP contribution in [0.25, 0.3) is 0 Å². The molecule has 2 rings (SSSR count). The Morgan fingerprint density at radius 1 is 1.50 bits per heavy atom. The van der Waals surface area contributed by atoms with Gasteiger partial charge in [0.2, 0.25) is 9.47 Å². The number of aromatic nitrogens is 2. The van der Waals surface area contributed by atoms with Crippen molar-refractivity contribution in [2.75, 3.05) is 5.73 Å². The summed E-state index contributed by atoms with van der Waals surface area (Å²) in [5.74, 6) is 0. The smallest absolute Gasteiger partial charge is 0.270 e. The molecule has 0 aromatic carbocycles. The highest BCUT2D eigenvalue weighted by atomic mass is 32.2. The van der Waals surface area contributed by atoms with Crippen molar-refractivity contribution >= 4 is 37.8 Å². The Morgan fingerprint density at radius 2 is 2.28 bits per heavy atom. The average Bonchev–Trinajstić information content (AvgIpc) is 2.96. The van der Waals surface area contributed by atoms with Crippen LogP contribution in [0.1, 0.15) is 24.3 Å². The van der Waals surface area contributed by atoms with E-state index in [0.717, 1.165) is 16.2 Å². The molecule has 3 N–H and O–H groups in total. The number of hydrogen-bond acceptors (Lipinski definition) is 7. The summed E-state index contributed by atoms with van der Waals surface area (Å²) in [5.41, 5.74) is 5.39. The second kappa shape index (κ2) is 5.31. The Bertz CT molecular complexity index is 606. The molecule has 0 bridgehead atoms. The third-order valence-corrected chi connectivity index (χ3v) is 5.82. The van der Waals surface area contributed by atoms with Gasteiger partial charge in [0.1, 0.15) is 0 Å². The monoisotopic (exact) mass is 304 g/mol. The molecular formula is C9H12N4O2S3. The fourth-order valence-corrected chi connectivity index (χ4v) is 4.43. The van der Waals surface area contributed by atoms with Crippen molar-refractivity contribution in [3.8, 4) is 0 Å². The number of nitrogens with two attached hydrogens (primary N) is 1. The van der Waals surface area contributed by atoms with Crippen LogP contribution in [0.2, 0.25) is 0 Å². The third-order valence-electron chi connectivity index (χ3n) is 2.24. The maximum Gasteiger partial charge on any atom is 0.270 e. The van der Waals surface area contributed by atoms with E-state index in [-0.39, 0.29) is 15.5 Å². The van der Waals surface area contributed by atoms with Crippen molar-refractivity contribution in [2.24, 2.45) is 0 Å². The number of sulfonamides is 1. The van der Waals surface area contributed by atoms with E-state index in [1.54, 1.807) is 0 Å². The molecule has 0 amide bonds. The third kappa shape index (κ3) is 2.86. The first kappa shape index (κ1) is 13.4. The zero-order chi connectivity index (χ0) is 13.2. The van der Waals surface area contributed by atoms with E-state index >= 15 is 0 Å². The van der Waals surface area contributed by atoms with Crippen molar-refractivity contribution in [3.05, 3.63) is 22.4 Å². The van der Waals surface area contributed by atoms with Crippen molar-refractivity contribution < 1.29 is 8.42 Å². The zero-order valence-corrected chi connectivity index (χ0v) is 12.0. The standard InChI is InChI=1S/C9H12N4O2S3/c1-2-6(7-4-3-5-16-7)13-18(14,15)9-12-11-8(10)17-9/h3-6,13H,2H2,1H3,(H2,10,11). The van der Waals surface area contributed by atoms with Crippen LogP contribution in [0.3, 0.4) is 0 Å². The lowest BCUT2D eigenvalue weighted by molar-refractivity contribution is 0.551. The molecule has 0 aliphatic heterocycles. The van der Waals surface area contributed by atoms with E-state index in [1.807, 2.05) is 24.4 Å². The quantitative estimate of drug-likeness (QED) is 0.874. The van der Waals surface area contributed by atoms with Gasteiger partial charge in [0.05, 0.1) is 6.04 Å². The van der Waals surface area contributed by atoms with Crippen molar-refractivity contribution in [3.63, 3.8) is 0 Å². The lowest BCUT2D eigenvalue weighted by Crippen LogP contribution is -2.27. The summed E-state index contributed by atoms with van der Waals surface area (Å²) in [6, 6.07) is 3.54. The molecule has 1 unspecified atom stereocenters. The maximum absolute atomic E-state index is 12.1. The van der Waals surface area contributed by atoms with E-state index in [2.05, 4.69) is 14.9 Å². The fourth-order valence-electron chi connectivity index (χ4n) is 1.40. The second-order valence-electron chi connectivity index (χ2n) is 3.50. The molecular weight excluding hydrogens is 292 g/mol. The summed E-state index contributed by atoms with van der Waals surface area (Å²) in [6.45, 7) is 1.92. The first-order valence-electron chi connectivity index (χ1n) is 5.17. The number of thiophene rings is 1. The SMILES string of the molecule is CCC(NS(=O)(=O)c1nnc(N)s1)c1cccs1. The number of anilines is 1. The molecule has 0 aliphatic carbocycles. The van der Waals surface area contributed by atoms with Gasteiger partial charge in [-0.15, -0.1) is 21.5 Å². The highest BCUT2D eigenvalue weighted by Gasteiger charge is 2.24. The Labute approximate surface area is 113 Å². The molecule has 2 heterocycles. The predicted octanol–water partition coefficient (Wildman–Crippen LogP) is 1.61. The molecule has 0 saturated heterocycles. The summed E-state index contributed by atoms with van der Waals surface area (Å²) in [7, 11) is -3.66. The minimum atomic E-state index is -3.66. The minimum Gasteiger partial charge on any atom is -0.374 e. The molecule has 0 saturated carbocycles. The van der Waals surface area contributed by atoms with Crippen LogP contribution >= 0.6 is 22.7 Å². The predicted molar refractivity (Wildman–Crippen MR) is 72.0 cm³/mol. The molecule has 98 valence electrons. The normalized spacial score (nSPS) is 13.6. The summed E-state index contributed by atoms with van der Waals surface area (Å²) >= 11 is 2.37. The van der Waals surface area contributed by atoms with Crippen LogP contribution in [0.15, 0.2) is 21.9 Å².